The summed E-state index contributed by atoms with van der Waals surface area (Å²) in [5.41, 5.74) is 3.02. The number of ether oxygens (including phenoxy) is 1. The Hall–Kier alpha value is -0.860. The monoisotopic (exact) mass is 247 g/mol. The van der Waals surface area contributed by atoms with Gasteiger partial charge in [0.1, 0.15) is 0 Å². The van der Waals surface area contributed by atoms with Gasteiger partial charge in [-0.15, -0.1) is 0 Å². The predicted molar refractivity (Wildman–Crippen MR) is 75.6 cm³/mol. The summed E-state index contributed by atoms with van der Waals surface area (Å²) >= 11 is 0. The third kappa shape index (κ3) is 2.76. The van der Waals surface area contributed by atoms with Gasteiger partial charge in [0, 0.05) is 18.7 Å². The van der Waals surface area contributed by atoms with Crippen molar-refractivity contribution in [2.75, 3.05) is 13.7 Å². The molecule has 2 nitrogen and oxygen atoms in total. The van der Waals surface area contributed by atoms with Crippen LogP contribution in [0.3, 0.4) is 0 Å². The number of methoxy groups -OCH3 is 1. The van der Waals surface area contributed by atoms with Gasteiger partial charge in [0.2, 0.25) is 0 Å². The molecule has 1 aromatic carbocycles. The van der Waals surface area contributed by atoms with Crippen molar-refractivity contribution >= 4 is 0 Å². The first-order valence-electron chi connectivity index (χ1n) is 6.87. The second-order valence-electron chi connectivity index (χ2n) is 6.15. The first kappa shape index (κ1) is 13.6. The van der Waals surface area contributed by atoms with E-state index in [-0.39, 0.29) is 5.54 Å². The highest BCUT2D eigenvalue weighted by Gasteiger charge is 2.34. The maximum atomic E-state index is 5.33. The summed E-state index contributed by atoms with van der Waals surface area (Å²) in [6.07, 6.45) is 2.56. The number of likely N-dealkylation sites (tertiary alicyclic amines) is 1. The Labute approximate surface area is 111 Å². The molecule has 0 amide bonds. The summed E-state index contributed by atoms with van der Waals surface area (Å²) in [6.45, 7) is 8.85. The Morgan fingerprint density at radius 3 is 2.67 bits per heavy atom. The molecule has 1 aliphatic heterocycles. The molecule has 0 spiro atoms. The van der Waals surface area contributed by atoms with E-state index in [4.69, 9.17) is 4.74 Å². The zero-order valence-corrected chi connectivity index (χ0v) is 12.1. The second kappa shape index (κ2) is 5.41. The molecule has 1 aliphatic rings. The molecule has 0 radical (unpaired) electrons. The van der Waals surface area contributed by atoms with Crippen molar-refractivity contribution in [3.05, 3.63) is 35.4 Å². The van der Waals surface area contributed by atoms with E-state index in [0.717, 1.165) is 0 Å². The summed E-state index contributed by atoms with van der Waals surface area (Å²) in [7, 11) is 1.77. The molecule has 0 N–H and O–H groups in total. The van der Waals surface area contributed by atoms with Crippen molar-refractivity contribution in [2.24, 2.45) is 0 Å². The third-order valence-corrected chi connectivity index (χ3v) is 3.83. The number of hydrogen-bond donors (Lipinski definition) is 0. The van der Waals surface area contributed by atoms with Crippen molar-refractivity contribution < 1.29 is 4.74 Å². The van der Waals surface area contributed by atoms with Crippen LogP contribution in [0.15, 0.2) is 24.3 Å². The molecule has 0 aromatic heterocycles. The number of hydrogen-bond acceptors (Lipinski definition) is 2. The van der Waals surface area contributed by atoms with Crippen molar-refractivity contribution in [3.8, 4) is 0 Å². The SMILES string of the molecule is COCc1ccccc1C1CCCN1C(C)(C)C. The summed E-state index contributed by atoms with van der Waals surface area (Å²) in [5.74, 6) is 0. The summed E-state index contributed by atoms with van der Waals surface area (Å²) in [5, 5.41) is 0. The smallest absolute Gasteiger partial charge is 0.0716 e. The lowest BCUT2D eigenvalue weighted by Crippen LogP contribution is -2.40. The normalized spacial score (nSPS) is 21.4. The van der Waals surface area contributed by atoms with Crippen LogP contribution < -0.4 is 0 Å². The lowest BCUT2D eigenvalue weighted by atomic mass is 9.95. The van der Waals surface area contributed by atoms with E-state index >= 15 is 0 Å². The molecule has 0 bridgehead atoms. The van der Waals surface area contributed by atoms with Gasteiger partial charge in [-0.2, -0.15) is 0 Å². The molecule has 0 aliphatic carbocycles. The second-order valence-corrected chi connectivity index (χ2v) is 6.15. The molecule has 1 atom stereocenters. The van der Waals surface area contributed by atoms with Crippen molar-refractivity contribution in [3.63, 3.8) is 0 Å². The highest BCUT2D eigenvalue weighted by molar-refractivity contribution is 5.30. The number of benzene rings is 1. The summed E-state index contributed by atoms with van der Waals surface area (Å²) < 4.78 is 5.33. The van der Waals surface area contributed by atoms with Gasteiger partial charge in [0.25, 0.3) is 0 Å². The van der Waals surface area contributed by atoms with E-state index in [1.54, 1.807) is 7.11 Å². The minimum absolute atomic E-state index is 0.237. The topological polar surface area (TPSA) is 12.5 Å². The molecule has 0 saturated carbocycles. The van der Waals surface area contributed by atoms with E-state index in [0.29, 0.717) is 12.6 Å². The Kier molecular flexibility index (Phi) is 4.08. The van der Waals surface area contributed by atoms with Gasteiger partial charge in [0.15, 0.2) is 0 Å². The van der Waals surface area contributed by atoms with Crippen LogP contribution in [0, 0.1) is 0 Å². The van der Waals surface area contributed by atoms with Crippen LogP contribution in [0.2, 0.25) is 0 Å². The van der Waals surface area contributed by atoms with E-state index in [1.807, 2.05) is 0 Å². The fourth-order valence-corrected chi connectivity index (χ4v) is 3.04. The lowest BCUT2D eigenvalue weighted by molar-refractivity contribution is 0.119. The molecular formula is C16H25NO. The average molecular weight is 247 g/mol. The van der Waals surface area contributed by atoms with Gasteiger partial charge in [-0.1, -0.05) is 24.3 Å². The van der Waals surface area contributed by atoms with Crippen LogP contribution in [-0.4, -0.2) is 24.1 Å². The molecule has 1 saturated heterocycles. The van der Waals surface area contributed by atoms with E-state index in [1.165, 1.54) is 30.5 Å². The Morgan fingerprint density at radius 1 is 1.28 bits per heavy atom. The van der Waals surface area contributed by atoms with Crippen LogP contribution >= 0.6 is 0 Å². The molecule has 1 unspecified atom stereocenters. The van der Waals surface area contributed by atoms with Gasteiger partial charge in [-0.3, -0.25) is 4.90 Å². The van der Waals surface area contributed by atoms with Crippen LogP contribution in [-0.2, 0) is 11.3 Å². The van der Waals surface area contributed by atoms with Gasteiger partial charge in [-0.05, 0) is 51.3 Å². The first-order valence-corrected chi connectivity index (χ1v) is 6.87. The largest absolute Gasteiger partial charge is 0.380 e. The minimum Gasteiger partial charge on any atom is -0.380 e. The summed E-state index contributed by atoms with van der Waals surface area (Å²) in [4.78, 5) is 2.63. The zero-order valence-electron chi connectivity index (χ0n) is 12.1. The van der Waals surface area contributed by atoms with Crippen LogP contribution in [0.25, 0.3) is 0 Å². The van der Waals surface area contributed by atoms with Gasteiger partial charge >= 0.3 is 0 Å². The first-order chi connectivity index (χ1) is 8.54. The predicted octanol–water partition coefficient (Wildman–Crippen LogP) is 3.77. The van der Waals surface area contributed by atoms with E-state index < -0.39 is 0 Å². The molecular weight excluding hydrogens is 222 g/mol. The maximum absolute atomic E-state index is 5.33. The van der Waals surface area contributed by atoms with E-state index in [9.17, 15) is 0 Å². The molecule has 2 rings (SSSR count). The summed E-state index contributed by atoms with van der Waals surface area (Å²) in [6, 6.07) is 9.26. The Bertz CT molecular complexity index is 394. The number of rotatable bonds is 3. The molecule has 100 valence electrons. The standard InChI is InChI=1S/C16H25NO/c1-16(2,3)17-11-7-10-15(17)14-9-6-5-8-13(14)12-18-4/h5-6,8-9,15H,7,10-12H2,1-4H3. The number of nitrogens with zero attached hydrogens (tertiary/aromatic N) is 1. The highest BCUT2D eigenvalue weighted by atomic mass is 16.5. The third-order valence-electron chi connectivity index (χ3n) is 3.83. The van der Waals surface area contributed by atoms with Crippen molar-refractivity contribution in [1.29, 1.82) is 0 Å². The lowest BCUT2D eigenvalue weighted by Gasteiger charge is -2.37. The molecule has 1 heterocycles. The van der Waals surface area contributed by atoms with Crippen LogP contribution in [0.4, 0.5) is 0 Å². The molecule has 2 heteroatoms. The van der Waals surface area contributed by atoms with Gasteiger partial charge < -0.3 is 4.74 Å². The molecule has 18 heavy (non-hydrogen) atoms. The Morgan fingerprint density at radius 2 is 2.00 bits per heavy atom. The fourth-order valence-electron chi connectivity index (χ4n) is 3.04. The molecule has 1 fully saturated rings. The van der Waals surface area contributed by atoms with Gasteiger partial charge in [0.05, 0.1) is 6.61 Å². The quantitative estimate of drug-likeness (QED) is 0.806. The average Bonchev–Trinajstić information content (AvgIpc) is 2.78. The fraction of sp³-hybridized carbons (Fsp3) is 0.625. The van der Waals surface area contributed by atoms with Crippen LogP contribution in [0.5, 0.6) is 0 Å². The Balaban J connectivity index is 2.30. The van der Waals surface area contributed by atoms with E-state index in [2.05, 4.69) is 49.9 Å². The minimum atomic E-state index is 0.237. The highest BCUT2D eigenvalue weighted by Crippen LogP contribution is 2.38. The zero-order chi connectivity index (χ0) is 13.2. The molecule has 1 aromatic rings. The maximum Gasteiger partial charge on any atom is 0.0716 e. The van der Waals surface area contributed by atoms with Crippen LogP contribution in [0.1, 0.15) is 50.8 Å². The van der Waals surface area contributed by atoms with Gasteiger partial charge in [-0.25, -0.2) is 0 Å². The van der Waals surface area contributed by atoms with Crippen molar-refractivity contribution in [1.82, 2.24) is 4.90 Å². The van der Waals surface area contributed by atoms with Crippen molar-refractivity contribution in [2.45, 2.75) is 51.8 Å².